The molecule has 4 rings (SSSR count). The molecule has 162 valence electrons. The van der Waals surface area contributed by atoms with Gasteiger partial charge in [0.15, 0.2) is 5.78 Å². The summed E-state index contributed by atoms with van der Waals surface area (Å²) >= 11 is 0. The number of nitro benzene ring substituents is 1. The molecule has 0 bridgehead atoms. The second kappa shape index (κ2) is 7.71. The van der Waals surface area contributed by atoms with E-state index < -0.39 is 10.8 Å². The zero-order valence-electron chi connectivity index (χ0n) is 17.5. The van der Waals surface area contributed by atoms with Gasteiger partial charge in [-0.05, 0) is 17.0 Å². The van der Waals surface area contributed by atoms with Gasteiger partial charge in [0.1, 0.15) is 23.1 Å². The zero-order chi connectivity index (χ0) is 22.3. The van der Waals surface area contributed by atoms with Gasteiger partial charge in [-0.2, -0.15) is 5.26 Å². The standard InChI is InChI=1S/C22H24N4O5/c1-22(2)10-17(27)20-18(11-22)31-21(24)14(12-23)19(20)13-3-4-15(16(9-13)26(28)29)25-5-7-30-8-6-25/h3-4,9,19H,5-8,10-11,24H2,1-2H3. The lowest BCUT2D eigenvalue weighted by Gasteiger charge is -2.37. The van der Waals surface area contributed by atoms with E-state index in [1.54, 1.807) is 12.1 Å². The molecular formula is C22H24N4O5. The van der Waals surface area contributed by atoms with Crippen LogP contribution in [-0.4, -0.2) is 37.0 Å². The number of ketones is 1. The van der Waals surface area contributed by atoms with Gasteiger partial charge >= 0.3 is 0 Å². The molecule has 3 aliphatic rings. The van der Waals surface area contributed by atoms with Crippen LogP contribution in [0, 0.1) is 26.9 Å². The zero-order valence-corrected chi connectivity index (χ0v) is 17.5. The Morgan fingerprint density at radius 1 is 1.29 bits per heavy atom. The molecule has 2 aliphatic heterocycles. The highest BCUT2D eigenvalue weighted by Gasteiger charge is 2.43. The first-order valence-corrected chi connectivity index (χ1v) is 10.2. The van der Waals surface area contributed by atoms with E-state index in [0.717, 1.165) is 0 Å². The third-order valence-electron chi connectivity index (χ3n) is 5.96. The number of hydrogen-bond acceptors (Lipinski definition) is 8. The van der Waals surface area contributed by atoms with Crippen LogP contribution in [0.25, 0.3) is 0 Å². The normalized spacial score (nSPS) is 23.2. The Morgan fingerprint density at radius 2 is 2.00 bits per heavy atom. The van der Waals surface area contributed by atoms with Crippen molar-refractivity contribution in [2.45, 2.75) is 32.6 Å². The van der Waals surface area contributed by atoms with Gasteiger partial charge in [-0.25, -0.2) is 0 Å². The molecule has 1 aromatic rings. The minimum absolute atomic E-state index is 0.0586. The summed E-state index contributed by atoms with van der Waals surface area (Å²) in [6.45, 7) is 6.03. The number of carbonyl (C=O) groups is 1. The van der Waals surface area contributed by atoms with E-state index in [1.165, 1.54) is 6.07 Å². The molecule has 2 N–H and O–H groups in total. The van der Waals surface area contributed by atoms with Crippen LogP contribution in [0.15, 0.2) is 41.0 Å². The van der Waals surface area contributed by atoms with Crippen molar-refractivity contribution in [2.24, 2.45) is 11.1 Å². The van der Waals surface area contributed by atoms with Crippen LogP contribution < -0.4 is 10.6 Å². The largest absolute Gasteiger partial charge is 0.444 e. The minimum atomic E-state index is -0.783. The van der Waals surface area contributed by atoms with E-state index in [4.69, 9.17) is 15.2 Å². The predicted octanol–water partition coefficient (Wildman–Crippen LogP) is 2.88. The number of ether oxygens (including phenoxy) is 2. The van der Waals surface area contributed by atoms with Gasteiger partial charge in [0.25, 0.3) is 5.69 Å². The Balaban J connectivity index is 1.84. The van der Waals surface area contributed by atoms with Gasteiger partial charge in [-0.15, -0.1) is 0 Å². The number of morpholine rings is 1. The first-order chi connectivity index (χ1) is 14.7. The highest BCUT2D eigenvalue weighted by Crippen LogP contribution is 2.48. The second-order valence-electron chi connectivity index (χ2n) is 8.81. The van der Waals surface area contributed by atoms with E-state index in [2.05, 4.69) is 0 Å². The van der Waals surface area contributed by atoms with Crippen molar-refractivity contribution in [3.63, 3.8) is 0 Å². The highest BCUT2D eigenvalue weighted by molar-refractivity contribution is 6.00. The van der Waals surface area contributed by atoms with Gasteiger partial charge in [-0.3, -0.25) is 14.9 Å². The van der Waals surface area contributed by atoms with E-state index in [9.17, 15) is 20.2 Å². The molecule has 0 spiro atoms. The summed E-state index contributed by atoms with van der Waals surface area (Å²) in [6.07, 6.45) is 0.802. The molecule has 0 saturated carbocycles. The van der Waals surface area contributed by atoms with Crippen molar-refractivity contribution in [3.05, 3.63) is 56.7 Å². The van der Waals surface area contributed by atoms with Gasteiger partial charge in [-0.1, -0.05) is 19.9 Å². The summed E-state index contributed by atoms with van der Waals surface area (Å²) < 4.78 is 11.0. The number of nitrogens with zero attached hydrogens (tertiary/aromatic N) is 3. The summed E-state index contributed by atoms with van der Waals surface area (Å²) in [7, 11) is 0. The van der Waals surface area contributed by atoms with Crippen molar-refractivity contribution in [1.82, 2.24) is 0 Å². The van der Waals surface area contributed by atoms with Crippen LogP contribution in [0.1, 0.15) is 38.2 Å². The van der Waals surface area contributed by atoms with E-state index in [-0.39, 0.29) is 28.3 Å². The number of nitrogens with two attached hydrogens (primary N) is 1. The lowest BCUT2D eigenvalue weighted by Crippen LogP contribution is -2.36. The van der Waals surface area contributed by atoms with Crippen LogP contribution in [0.4, 0.5) is 11.4 Å². The van der Waals surface area contributed by atoms with Crippen molar-refractivity contribution >= 4 is 17.2 Å². The van der Waals surface area contributed by atoms with Crippen LogP contribution in [0.3, 0.4) is 0 Å². The number of allylic oxidation sites excluding steroid dienone is 3. The Morgan fingerprint density at radius 3 is 2.65 bits per heavy atom. The first kappa shape index (κ1) is 20.9. The summed E-state index contributed by atoms with van der Waals surface area (Å²) in [6, 6.07) is 6.91. The predicted molar refractivity (Wildman–Crippen MR) is 112 cm³/mol. The van der Waals surface area contributed by atoms with E-state index in [1.807, 2.05) is 24.8 Å². The molecule has 9 heteroatoms. The third kappa shape index (κ3) is 3.75. The number of carbonyl (C=O) groups excluding carboxylic acids is 1. The molecular weight excluding hydrogens is 400 g/mol. The van der Waals surface area contributed by atoms with E-state index >= 15 is 0 Å². The Kier molecular flexibility index (Phi) is 5.19. The summed E-state index contributed by atoms with van der Waals surface area (Å²) in [5.74, 6) is -0.523. The highest BCUT2D eigenvalue weighted by atomic mass is 16.6. The number of anilines is 1. The second-order valence-corrected chi connectivity index (χ2v) is 8.81. The molecule has 1 aromatic carbocycles. The van der Waals surface area contributed by atoms with Crippen molar-refractivity contribution in [2.75, 3.05) is 31.2 Å². The van der Waals surface area contributed by atoms with Crippen molar-refractivity contribution in [1.29, 1.82) is 5.26 Å². The number of Topliss-reactive ketones (excluding diaryl/α,β-unsaturated/α-hetero) is 1. The fraction of sp³-hybridized carbons (Fsp3) is 0.455. The van der Waals surface area contributed by atoms with Gasteiger partial charge in [0.2, 0.25) is 5.88 Å². The Hall–Kier alpha value is -3.38. The number of rotatable bonds is 3. The summed E-state index contributed by atoms with van der Waals surface area (Å²) in [4.78, 5) is 26.4. The topological polar surface area (TPSA) is 132 Å². The van der Waals surface area contributed by atoms with Crippen molar-refractivity contribution < 1.29 is 19.2 Å². The summed E-state index contributed by atoms with van der Waals surface area (Å²) in [5.41, 5.74) is 7.11. The maximum Gasteiger partial charge on any atom is 0.292 e. The lowest BCUT2D eigenvalue weighted by molar-refractivity contribution is -0.384. The van der Waals surface area contributed by atoms with Crippen LogP contribution in [0.5, 0.6) is 0 Å². The molecule has 1 unspecified atom stereocenters. The van der Waals surface area contributed by atoms with Crippen LogP contribution >= 0.6 is 0 Å². The lowest BCUT2D eigenvalue weighted by atomic mass is 9.70. The SMILES string of the molecule is CC1(C)CC(=O)C2=C(C1)OC(N)=C(C#N)C2c1ccc(N2CCOCC2)c([N+](=O)[O-])c1. The molecule has 1 fully saturated rings. The van der Waals surface area contributed by atoms with Gasteiger partial charge < -0.3 is 20.1 Å². The number of benzene rings is 1. The summed E-state index contributed by atoms with van der Waals surface area (Å²) in [5, 5.41) is 21.6. The number of nitriles is 1. The quantitative estimate of drug-likeness (QED) is 0.579. The molecule has 0 amide bonds. The Labute approximate surface area is 179 Å². The third-order valence-corrected chi connectivity index (χ3v) is 5.96. The fourth-order valence-electron chi connectivity index (χ4n) is 4.56. The molecule has 0 aromatic heterocycles. The molecule has 1 atom stereocenters. The molecule has 9 nitrogen and oxygen atoms in total. The Bertz CT molecular complexity index is 1060. The average molecular weight is 424 g/mol. The first-order valence-electron chi connectivity index (χ1n) is 10.2. The number of nitro groups is 1. The van der Waals surface area contributed by atoms with Crippen LogP contribution in [0.2, 0.25) is 0 Å². The maximum absolute atomic E-state index is 13.1. The molecule has 2 heterocycles. The fourth-order valence-corrected chi connectivity index (χ4v) is 4.56. The van der Waals surface area contributed by atoms with Gasteiger partial charge in [0, 0.05) is 37.6 Å². The molecule has 1 saturated heterocycles. The minimum Gasteiger partial charge on any atom is -0.444 e. The molecule has 31 heavy (non-hydrogen) atoms. The number of hydrogen-bond donors (Lipinski definition) is 1. The van der Waals surface area contributed by atoms with Gasteiger partial charge in [0.05, 0.1) is 24.1 Å². The average Bonchev–Trinajstić information content (AvgIpc) is 2.72. The van der Waals surface area contributed by atoms with Crippen LogP contribution in [-0.2, 0) is 14.3 Å². The molecule has 0 radical (unpaired) electrons. The van der Waals surface area contributed by atoms with E-state index in [0.29, 0.717) is 61.7 Å². The smallest absolute Gasteiger partial charge is 0.292 e. The monoisotopic (exact) mass is 424 g/mol. The molecule has 1 aliphatic carbocycles. The van der Waals surface area contributed by atoms with Crippen molar-refractivity contribution in [3.8, 4) is 6.07 Å². The maximum atomic E-state index is 13.1.